The second kappa shape index (κ2) is 4.44. The second-order valence-corrected chi connectivity index (χ2v) is 3.52. The van der Waals surface area contributed by atoms with E-state index in [1.165, 1.54) is 11.3 Å². The van der Waals surface area contributed by atoms with Crippen LogP contribution in [0.25, 0.3) is 0 Å². The van der Waals surface area contributed by atoms with Gasteiger partial charge in [0.2, 0.25) is 0 Å². The van der Waals surface area contributed by atoms with Crippen molar-refractivity contribution in [1.29, 1.82) is 0 Å². The minimum atomic E-state index is 0.844. The molecule has 76 valence electrons. The molecule has 1 saturated heterocycles. The number of hydrogen-bond acceptors (Lipinski definition) is 2. The Morgan fingerprint density at radius 1 is 1.14 bits per heavy atom. The average Bonchev–Trinajstić information content (AvgIpc) is 2.30. The third-order valence-electron chi connectivity index (χ3n) is 2.60. The lowest BCUT2D eigenvalue weighted by atomic mass is 10.2. The van der Waals surface area contributed by atoms with Crippen LogP contribution in [0, 0.1) is 0 Å². The Hall–Kier alpha value is -1.06. The van der Waals surface area contributed by atoms with E-state index in [2.05, 4.69) is 34.9 Å². The van der Waals surface area contributed by atoms with Gasteiger partial charge in [-0.2, -0.15) is 0 Å². The quantitative estimate of drug-likeness (QED) is 0.732. The van der Waals surface area contributed by atoms with Gasteiger partial charge in [-0.15, -0.1) is 0 Å². The Balaban J connectivity index is 2.07. The molecular formula is C11H17N2O+. The average molecular weight is 193 g/mol. The van der Waals surface area contributed by atoms with Crippen molar-refractivity contribution in [2.45, 2.75) is 6.54 Å². The summed E-state index contributed by atoms with van der Waals surface area (Å²) in [6.07, 6.45) is 0. The van der Waals surface area contributed by atoms with Gasteiger partial charge in [-0.1, -0.05) is 12.1 Å². The molecule has 0 atom stereocenters. The molecule has 0 aliphatic carbocycles. The predicted molar refractivity (Wildman–Crippen MR) is 56.1 cm³/mol. The number of hydrogen-bond donors (Lipinski definition) is 1. The van der Waals surface area contributed by atoms with Crippen LogP contribution >= 0.6 is 0 Å². The molecule has 14 heavy (non-hydrogen) atoms. The highest BCUT2D eigenvalue weighted by Gasteiger charge is 2.10. The van der Waals surface area contributed by atoms with Crippen LogP contribution in [0.2, 0.25) is 0 Å². The van der Waals surface area contributed by atoms with E-state index >= 15 is 0 Å². The molecule has 0 bridgehead atoms. The Kier molecular flexibility index (Phi) is 3.01. The largest absolute Gasteiger partial charge is 0.378 e. The van der Waals surface area contributed by atoms with Gasteiger partial charge in [0.25, 0.3) is 0 Å². The maximum absolute atomic E-state index is 5.31. The third kappa shape index (κ3) is 2.05. The first-order chi connectivity index (χ1) is 6.90. The van der Waals surface area contributed by atoms with Crippen molar-refractivity contribution in [2.75, 3.05) is 31.2 Å². The lowest BCUT2D eigenvalue weighted by Gasteiger charge is -2.28. The first-order valence-corrected chi connectivity index (χ1v) is 5.11. The molecule has 0 saturated carbocycles. The van der Waals surface area contributed by atoms with Crippen LogP contribution < -0.4 is 10.6 Å². The van der Waals surface area contributed by atoms with E-state index in [1.807, 2.05) is 0 Å². The van der Waals surface area contributed by atoms with Gasteiger partial charge in [-0.3, -0.25) is 0 Å². The van der Waals surface area contributed by atoms with Crippen molar-refractivity contribution < 1.29 is 10.5 Å². The maximum atomic E-state index is 5.31. The van der Waals surface area contributed by atoms with Crippen molar-refractivity contribution in [3.8, 4) is 0 Å². The Bertz CT molecular complexity index is 278. The molecule has 0 radical (unpaired) electrons. The van der Waals surface area contributed by atoms with E-state index in [0.29, 0.717) is 0 Å². The summed E-state index contributed by atoms with van der Waals surface area (Å²) in [6, 6.07) is 8.65. The number of quaternary nitrogens is 1. The fraction of sp³-hybridized carbons (Fsp3) is 0.455. The zero-order valence-electron chi connectivity index (χ0n) is 8.41. The van der Waals surface area contributed by atoms with Gasteiger partial charge < -0.3 is 15.4 Å². The molecule has 2 rings (SSSR count). The molecule has 1 heterocycles. The second-order valence-electron chi connectivity index (χ2n) is 3.52. The van der Waals surface area contributed by atoms with E-state index in [9.17, 15) is 0 Å². The van der Waals surface area contributed by atoms with Crippen molar-refractivity contribution >= 4 is 5.69 Å². The van der Waals surface area contributed by atoms with E-state index < -0.39 is 0 Å². The van der Waals surface area contributed by atoms with Crippen LogP contribution in [-0.2, 0) is 11.3 Å². The minimum absolute atomic E-state index is 0.844. The SMILES string of the molecule is [NH3+]Cc1ccc(N2CCOCC2)cc1. The van der Waals surface area contributed by atoms with Crippen LogP contribution in [0.1, 0.15) is 5.56 Å². The highest BCUT2D eigenvalue weighted by atomic mass is 16.5. The molecule has 1 fully saturated rings. The van der Waals surface area contributed by atoms with Crippen molar-refractivity contribution in [1.82, 2.24) is 0 Å². The number of anilines is 1. The normalized spacial score (nSPS) is 17.1. The van der Waals surface area contributed by atoms with Gasteiger partial charge in [-0.25, -0.2) is 0 Å². The molecule has 0 aromatic heterocycles. The van der Waals surface area contributed by atoms with Crippen molar-refractivity contribution in [3.63, 3.8) is 0 Å². The first kappa shape index (κ1) is 9.49. The summed E-state index contributed by atoms with van der Waals surface area (Å²) in [4.78, 5) is 2.36. The van der Waals surface area contributed by atoms with Crippen molar-refractivity contribution in [3.05, 3.63) is 29.8 Å². The molecule has 3 N–H and O–H groups in total. The van der Waals surface area contributed by atoms with E-state index in [4.69, 9.17) is 4.74 Å². The molecule has 0 unspecified atom stereocenters. The van der Waals surface area contributed by atoms with Crippen LogP contribution in [-0.4, -0.2) is 26.3 Å². The van der Waals surface area contributed by atoms with E-state index in [-0.39, 0.29) is 0 Å². The van der Waals surface area contributed by atoms with Gasteiger partial charge in [0.1, 0.15) is 0 Å². The summed E-state index contributed by atoms with van der Waals surface area (Å²) in [6.45, 7) is 4.56. The molecule has 1 aliphatic heterocycles. The van der Waals surface area contributed by atoms with Crippen molar-refractivity contribution in [2.24, 2.45) is 0 Å². The topological polar surface area (TPSA) is 40.1 Å². The molecule has 0 amide bonds. The number of rotatable bonds is 2. The van der Waals surface area contributed by atoms with Crippen LogP contribution in [0.4, 0.5) is 5.69 Å². The first-order valence-electron chi connectivity index (χ1n) is 5.11. The number of ether oxygens (including phenoxy) is 1. The minimum Gasteiger partial charge on any atom is -0.378 e. The standard InChI is InChI=1S/C11H16N2O/c12-9-10-1-3-11(4-2-10)13-5-7-14-8-6-13/h1-4H,5-9,12H2/p+1. The monoisotopic (exact) mass is 193 g/mol. The Labute approximate surface area is 84.5 Å². The third-order valence-corrected chi connectivity index (χ3v) is 2.60. The summed E-state index contributed by atoms with van der Waals surface area (Å²) in [7, 11) is 0. The summed E-state index contributed by atoms with van der Waals surface area (Å²) in [5.41, 5.74) is 6.45. The smallest absolute Gasteiger partial charge is 0.0997 e. The summed E-state index contributed by atoms with van der Waals surface area (Å²) >= 11 is 0. The summed E-state index contributed by atoms with van der Waals surface area (Å²) < 4.78 is 5.31. The van der Waals surface area contributed by atoms with Gasteiger partial charge in [-0.05, 0) is 12.1 Å². The zero-order chi connectivity index (χ0) is 9.80. The van der Waals surface area contributed by atoms with Gasteiger partial charge in [0, 0.05) is 24.3 Å². The Morgan fingerprint density at radius 3 is 2.36 bits per heavy atom. The van der Waals surface area contributed by atoms with Crippen LogP contribution in [0.15, 0.2) is 24.3 Å². The molecular weight excluding hydrogens is 176 g/mol. The summed E-state index contributed by atoms with van der Waals surface area (Å²) in [5, 5.41) is 0. The molecule has 0 spiro atoms. The number of benzene rings is 1. The maximum Gasteiger partial charge on any atom is 0.0997 e. The van der Waals surface area contributed by atoms with Gasteiger partial charge >= 0.3 is 0 Å². The summed E-state index contributed by atoms with van der Waals surface area (Å²) in [5.74, 6) is 0. The van der Waals surface area contributed by atoms with Gasteiger partial charge in [0.15, 0.2) is 0 Å². The highest BCUT2D eigenvalue weighted by Crippen LogP contribution is 2.15. The molecule has 3 heteroatoms. The zero-order valence-corrected chi connectivity index (χ0v) is 8.41. The molecule has 3 nitrogen and oxygen atoms in total. The van der Waals surface area contributed by atoms with E-state index in [1.54, 1.807) is 0 Å². The van der Waals surface area contributed by atoms with Gasteiger partial charge in [0.05, 0.1) is 19.8 Å². The lowest BCUT2D eigenvalue weighted by Crippen LogP contribution is -2.47. The predicted octanol–water partition coefficient (Wildman–Crippen LogP) is 0.265. The Morgan fingerprint density at radius 2 is 1.79 bits per heavy atom. The highest BCUT2D eigenvalue weighted by molar-refractivity contribution is 5.47. The van der Waals surface area contributed by atoms with Crippen LogP contribution in [0.3, 0.4) is 0 Å². The fourth-order valence-corrected chi connectivity index (χ4v) is 1.69. The fourth-order valence-electron chi connectivity index (χ4n) is 1.69. The molecule has 1 aromatic rings. The lowest BCUT2D eigenvalue weighted by molar-refractivity contribution is -0.386. The molecule has 1 aliphatic rings. The van der Waals surface area contributed by atoms with E-state index in [0.717, 1.165) is 32.8 Å². The number of nitrogens with zero attached hydrogens (tertiary/aromatic N) is 1. The molecule has 1 aromatic carbocycles. The van der Waals surface area contributed by atoms with Crippen LogP contribution in [0.5, 0.6) is 0 Å². The number of morpholine rings is 1.